The van der Waals surface area contributed by atoms with Crippen molar-refractivity contribution >= 4 is 34.8 Å². The van der Waals surface area contributed by atoms with Crippen LogP contribution in [-0.4, -0.2) is 21.9 Å². The standard InChI is InChI=1S/C22H20N6O6/c29-21(25-17-4-8-19(9-5-17)27(31)32)23-13-15-2-1-3-16(12-15)14-24-22(30)26-18-6-10-20(11-7-18)28(33)34/h1-12H,13-14H2,(H2,23,25,29)(H2,24,26,30). The van der Waals surface area contributed by atoms with E-state index in [0.29, 0.717) is 11.4 Å². The van der Waals surface area contributed by atoms with Crippen LogP contribution in [0.15, 0.2) is 72.8 Å². The largest absolute Gasteiger partial charge is 0.334 e. The lowest BCUT2D eigenvalue weighted by Crippen LogP contribution is -2.29. The highest BCUT2D eigenvalue weighted by molar-refractivity contribution is 5.89. The summed E-state index contributed by atoms with van der Waals surface area (Å²) in [5.74, 6) is 0. The van der Waals surface area contributed by atoms with Crippen LogP contribution >= 0.6 is 0 Å². The van der Waals surface area contributed by atoms with Gasteiger partial charge in [0, 0.05) is 48.7 Å². The quantitative estimate of drug-likeness (QED) is 0.288. The molecule has 4 amide bonds. The van der Waals surface area contributed by atoms with Crippen molar-refractivity contribution in [1.82, 2.24) is 10.6 Å². The third-order valence-corrected chi connectivity index (χ3v) is 4.57. The molecule has 0 radical (unpaired) electrons. The van der Waals surface area contributed by atoms with Crippen molar-refractivity contribution in [3.63, 3.8) is 0 Å². The van der Waals surface area contributed by atoms with Gasteiger partial charge < -0.3 is 21.3 Å². The minimum Gasteiger partial charge on any atom is -0.334 e. The number of benzene rings is 3. The Morgan fingerprint density at radius 3 is 1.38 bits per heavy atom. The zero-order valence-electron chi connectivity index (χ0n) is 17.7. The second kappa shape index (κ2) is 11.0. The van der Waals surface area contributed by atoms with E-state index in [1.54, 1.807) is 6.07 Å². The number of amides is 4. The van der Waals surface area contributed by atoms with E-state index in [2.05, 4.69) is 21.3 Å². The van der Waals surface area contributed by atoms with Crippen LogP contribution in [0.4, 0.5) is 32.3 Å². The predicted molar refractivity (Wildman–Crippen MR) is 124 cm³/mol. The van der Waals surface area contributed by atoms with Gasteiger partial charge in [-0.25, -0.2) is 9.59 Å². The average molecular weight is 464 g/mol. The Hall–Kier alpha value is -5.00. The van der Waals surface area contributed by atoms with Gasteiger partial charge in [0.25, 0.3) is 11.4 Å². The van der Waals surface area contributed by atoms with Crippen molar-refractivity contribution in [1.29, 1.82) is 0 Å². The van der Waals surface area contributed by atoms with E-state index >= 15 is 0 Å². The zero-order chi connectivity index (χ0) is 24.5. The summed E-state index contributed by atoms with van der Waals surface area (Å²) >= 11 is 0. The fraction of sp³-hybridized carbons (Fsp3) is 0.0909. The summed E-state index contributed by atoms with van der Waals surface area (Å²) in [6, 6.07) is 17.2. The summed E-state index contributed by atoms with van der Waals surface area (Å²) in [4.78, 5) is 44.5. The van der Waals surface area contributed by atoms with Crippen LogP contribution in [0.25, 0.3) is 0 Å². The number of nitro groups is 2. The molecule has 0 spiro atoms. The lowest BCUT2D eigenvalue weighted by atomic mass is 10.1. The minimum atomic E-state index is -0.523. The van der Waals surface area contributed by atoms with Crippen LogP contribution in [0, 0.1) is 20.2 Å². The van der Waals surface area contributed by atoms with Crippen LogP contribution in [0.1, 0.15) is 11.1 Å². The average Bonchev–Trinajstić information content (AvgIpc) is 2.82. The van der Waals surface area contributed by atoms with Crippen LogP contribution < -0.4 is 21.3 Å². The van der Waals surface area contributed by atoms with E-state index in [1.807, 2.05) is 18.2 Å². The van der Waals surface area contributed by atoms with Gasteiger partial charge in [-0.15, -0.1) is 0 Å². The topological polar surface area (TPSA) is 169 Å². The highest BCUT2D eigenvalue weighted by Gasteiger charge is 2.08. The van der Waals surface area contributed by atoms with Gasteiger partial charge in [-0.1, -0.05) is 24.3 Å². The lowest BCUT2D eigenvalue weighted by molar-refractivity contribution is -0.385. The molecule has 0 aliphatic rings. The molecule has 0 unspecified atom stereocenters. The number of nitrogens with one attached hydrogen (secondary N) is 4. The maximum Gasteiger partial charge on any atom is 0.319 e. The normalized spacial score (nSPS) is 10.1. The van der Waals surface area contributed by atoms with E-state index in [4.69, 9.17) is 0 Å². The second-order valence-electron chi connectivity index (χ2n) is 7.04. The molecule has 4 N–H and O–H groups in total. The zero-order valence-corrected chi connectivity index (χ0v) is 17.7. The molecule has 3 aromatic rings. The smallest absolute Gasteiger partial charge is 0.319 e. The van der Waals surface area contributed by atoms with E-state index in [-0.39, 0.29) is 24.5 Å². The summed E-state index contributed by atoms with van der Waals surface area (Å²) in [5, 5.41) is 31.9. The molecule has 12 nitrogen and oxygen atoms in total. The maximum absolute atomic E-state index is 12.1. The van der Waals surface area contributed by atoms with Gasteiger partial charge in [-0.2, -0.15) is 0 Å². The Morgan fingerprint density at radius 2 is 1.03 bits per heavy atom. The fourth-order valence-electron chi connectivity index (χ4n) is 2.90. The van der Waals surface area contributed by atoms with Crippen LogP contribution in [0.5, 0.6) is 0 Å². The first-order valence-electron chi connectivity index (χ1n) is 9.96. The molecule has 12 heteroatoms. The molecular weight excluding hydrogens is 444 g/mol. The van der Waals surface area contributed by atoms with Gasteiger partial charge in [0.05, 0.1) is 9.85 Å². The Bertz CT molecular complexity index is 1110. The summed E-state index contributed by atoms with van der Waals surface area (Å²) in [6.07, 6.45) is 0. The van der Waals surface area contributed by atoms with Crippen LogP contribution in [0.3, 0.4) is 0 Å². The highest BCUT2D eigenvalue weighted by atomic mass is 16.6. The second-order valence-corrected chi connectivity index (χ2v) is 7.04. The Balaban J connectivity index is 1.45. The first-order chi connectivity index (χ1) is 16.3. The monoisotopic (exact) mass is 464 g/mol. The van der Waals surface area contributed by atoms with Gasteiger partial charge >= 0.3 is 12.1 Å². The van der Waals surface area contributed by atoms with E-state index in [0.717, 1.165) is 11.1 Å². The Morgan fingerprint density at radius 1 is 0.647 bits per heavy atom. The molecule has 3 rings (SSSR count). The van der Waals surface area contributed by atoms with Crippen molar-refractivity contribution in [3.8, 4) is 0 Å². The summed E-state index contributed by atoms with van der Waals surface area (Å²) in [5.41, 5.74) is 2.29. The molecule has 0 aliphatic carbocycles. The number of carbonyl (C=O) groups is 2. The van der Waals surface area contributed by atoms with Gasteiger partial charge in [0.2, 0.25) is 0 Å². The van der Waals surface area contributed by atoms with Crippen LogP contribution in [-0.2, 0) is 13.1 Å². The molecule has 3 aromatic carbocycles. The number of non-ortho nitro benzene ring substituents is 2. The first-order valence-corrected chi connectivity index (χ1v) is 9.96. The third kappa shape index (κ3) is 7.02. The molecule has 0 aromatic heterocycles. The van der Waals surface area contributed by atoms with Crippen LogP contribution in [0.2, 0.25) is 0 Å². The van der Waals surface area contributed by atoms with Crippen molar-refractivity contribution in [2.75, 3.05) is 10.6 Å². The lowest BCUT2D eigenvalue weighted by Gasteiger charge is -2.10. The molecule has 0 atom stereocenters. The van der Waals surface area contributed by atoms with Gasteiger partial charge in [-0.05, 0) is 35.4 Å². The van der Waals surface area contributed by atoms with Gasteiger partial charge in [0.1, 0.15) is 0 Å². The Labute approximate surface area is 193 Å². The number of nitrogens with zero attached hydrogens (tertiary/aromatic N) is 2. The number of hydrogen-bond acceptors (Lipinski definition) is 6. The summed E-state index contributed by atoms with van der Waals surface area (Å²) < 4.78 is 0. The SMILES string of the molecule is O=C(NCc1cccc(CNC(=O)Nc2ccc([N+](=O)[O-])cc2)c1)Nc1ccc([N+](=O)[O-])cc1. The number of rotatable bonds is 8. The molecule has 0 bridgehead atoms. The maximum atomic E-state index is 12.1. The molecular formula is C22H20N6O6. The molecule has 0 aliphatic heterocycles. The summed E-state index contributed by atoms with van der Waals surface area (Å²) in [6.45, 7) is 0.448. The number of urea groups is 2. The molecule has 0 fully saturated rings. The number of carbonyl (C=O) groups excluding carboxylic acids is 2. The van der Waals surface area contributed by atoms with Gasteiger partial charge in [0.15, 0.2) is 0 Å². The van der Waals surface area contributed by atoms with Crippen molar-refractivity contribution < 1.29 is 19.4 Å². The fourth-order valence-corrected chi connectivity index (χ4v) is 2.90. The van der Waals surface area contributed by atoms with Crippen molar-refractivity contribution in [2.24, 2.45) is 0 Å². The number of hydrogen-bond donors (Lipinski definition) is 4. The predicted octanol–water partition coefficient (Wildman–Crippen LogP) is 4.15. The Kier molecular flexibility index (Phi) is 7.68. The van der Waals surface area contributed by atoms with Crippen molar-refractivity contribution in [2.45, 2.75) is 13.1 Å². The third-order valence-electron chi connectivity index (χ3n) is 4.57. The summed E-state index contributed by atoms with van der Waals surface area (Å²) in [7, 11) is 0. The van der Waals surface area contributed by atoms with E-state index in [9.17, 15) is 29.8 Å². The highest BCUT2D eigenvalue weighted by Crippen LogP contribution is 2.16. The van der Waals surface area contributed by atoms with E-state index < -0.39 is 21.9 Å². The number of nitro benzene ring substituents is 2. The number of anilines is 2. The molecule has 0 saturated carbocycles. The van der Waals surface area contributed by atoms with Gasteiger partial charge in [-0.3, -0.25) is 20.2 Å². The molecule has 174 valence electrons. The van der Waals surface area contributed by atoms with Crippen molar-refractivity contribution in [3.05, 3.63) is 104 Å². The molecule has 34 heavy (non-hydrogen) atoms. The minimum absolute atomic E-state index is 0.0715. The molecule has 0 saturated heterocycles. The van der Waals surface area contributed by atoms with E-state index in [1.165, 1.54) is 48.5 Å². The first kappa shape index (κ1) is 23.7. The molecule has 0 heterocycles.